The Bertz CT molecular complexity index is 751. The molecule has 144 valence electrons. The summed E-state index contributed by atoms with van der Waals surface area (Å²) in [4.78, 5) is 29.4. The Kier molecular flexibility index (Phi) is 4.21. The molecule has 2 amide bonds. The van der Waals surface area contributed by atoms with E-state index < -0.39 is 0 Å². The maximum atomic E-state index is 12.9. The van der Waals surface area contributed by atoms with Crippen LogP contribution in [0.4, 0.5) is 0 Å². The van der Waals surface area contributed by atoms with Crippen molar-refractivity contribution in [1.29, 1.82) is 0 Å². The second-order valence-corrected chi connectivity index (χ2v) is 8.19. The molecule has 1 saturated heterocycles. The maximum Gasteiger partial charge on any atom is 0.231 e. The topological polar surface area (TPSA) is 59.1 Å². The van der Waals surface area contributed by atoms with Gasteiger partial charge in [-0.2, -0.15) is 0 Å². The van der Waals surface area contributed by atoms with Gasteiger partial charge in [-0.1, -0.05) is 18.9 Å². The number of piperazine rings is 1. The van der Waals surface area contributed by atoms with Gasteiger partial charge in [0.1, 0.15) is 0 Å². The number of fused-ring (bicyclic) bond motifs is 1. The normalized spacial score (nSPS) is 27.1. The van der Waals surface area contributed by atoms with Crippen LogP contribution in [0, 0.1) is 11.8 Å². The molecular weight excluding hydrogens is 344 g/mol. The SMILES string of the molecule is O=C(C1CCCC1)N1CCN(C(=O)[C@@H]2C[C@@H]2c2ccc3c(c2)OCO3)CC1. The van der Waals surface area contributed by atoms with Gasteiger partial charge in [-0.15, -0.1) is 0 Å². The monoisotopic (exact) mass is 370 g/mol. The van der Waals surface area contributed by atoms with Crippen molar-refractivity contribution in [2.24, 2.45) is 11.8 Å². The molecule has 4 aliphatic rings. The number of ether oxygens (including phenoxy) is 2. The van der Waals surface area contributed by atoms with Crippen molar-refractivity contribution in [3.05, 3.63) is 23.8 Å². The molecular formula is C21H26N2O4. The van der Waals surface area contributed by atoms with Crippen LogP contribution in [0.15, 0.2) is 18.2 Å². The van der Waals surface area contributed by atoms with Crippen molar-refractivity contribution in [3.8, 4) is 11.5 Å². The van der Waals surface area contributed by atoms with Crippen LogP contribution in [0.5, 0.6) is 11.5 Å². The van der Waals surface area contributed by atoms with Crippen molar-refractivity contribution in [1.82, 2.24) is 9.80 Å². The summed E-state index contributed by atoms with van der Waals surface area (Å²) in [5, 5.41) is 0. The molecule has 0 aromatic heterocycles. The summed E-state index contributed by atoms with van der Waals surface area (Å²) in [6.45, 7) is 2.98. The summed E-state index contributed by atoms with van der Waals surface area (Å²) >= 11 is 0. The highest BCUT2D eigenvalue weighted by molar-refractivity contribution is 5.84. The summed E-state index contributed by atoms with van der Waals surface area (Å²) in [5.41, 5.74) is 1.16. The first-order valence-electron chi connectivity index (χ1n) is 10.2. The molecule has 2 aliphatic carbocycles. The van der Waals surface area contributed by atoms with Crippen LogP contribution >= 0.6 is 0 Å². The van der Waals surface area contributed by atoms with Crippen molar-refractivity contribution in [3.63, 3.8) is 0 Å². The van der Waals surface area contributed by atoms with Crippen molar-refractivity contribution >= 4 is 11.8 Å². The Balaban J connectivity index is 1.15. The standard InChI is InChI=1S/C21H26N2O4/c24-20(14-3-1-2-4-14)22-7-9-23(10-8-22)21(25)17-12-16(17)15-5-6-18-19(11-15)27-13-26-18/h5-6,11,14,16-17H,1-4,7-10,12-13H2/t16-,17-/m1/s1. The second-order valence-electron chi connectivity index (χ2n) is 8.19. The lowest BCUT2D eigenvalue weighted by molar-refractivity contribution is -0.142. The quantitative estimate of drug-likeness (QED) is 0.820. The summed E-state index contributed by atoms with van der Waals surface area (Å²) in [5.74, 6) is 2.70. The fraction of sp³-hybridized carbons (Fsp3) is 0.619. The highest BCUT2D eigenvalue weighted by atomic mass is 16.7. The van der Waals surface area contributed by atoms with Crippen LogP contribution in [0.3, 0.4) is 0 Å². The first-order valence-corrected chi connectivity index (χ1v) is 10.2. The third-order valence-corrected chi connectivity index (χ3v) is 6.54. The number of benzene rings is 1. The van der Waals surface area contributed by atoms with E-state index in [0.717, 1.165) is 36.3 Å². The number of hydrogen-bond acceptors (Lipinski definition) is 4. The molecule has 2 atom stereocenters. The Hall–Kier alpha value is -2.24. The van der Waals surface area contributed by atoms with Gasteiger partial charge in [0, 0.05) is 38.0 Å². The van der Waals surface area contributed by atoms with Crippen molar-refractivity contribution in [2.75, 3.05) is 33.0 Å². The first-order chi connectivity index (χ1) is 13.2. The van der Waals surface area contributed by atoms with E-state index in [0.29, 0.717) is 32.1 Å². The van der Waals surface area contributed by atoms with Crippen molar-refractivity contribution < 1.29 is 19.1 Å². The van der Waals surface area contributed by atoms with Gasteiger partial charge in [0.15, 0.2) is 11.5 Å². The summed E-state index contributed by atoms with van der Waals surface area (Å²) in [7, 11) is 0. The lowest BCUT2D eigenvalue weighted by Crippen LogP contribution is -2.52. The van der Waals surface area contributed by atoms with Gasteiger partial charge >= 0.3 is 0 Å². The predicted octanol–water partition coefficient (Wildman–Crippen LogP) is 2.38. The van der Waals surface area contributed by atoms with E-state index in [-0.39, 0.29) is 30.5 Å². The summed E-state index contributed by atoms with van der Waals surface area (Å²) in [6.07, 6.45) is 5.34. The van der Waals surface area contributed by atoms with Crippen LogP contribution in [-0.4, -0.2) is 54.6 Å². The molecule has 1 aromatic carbocycles. The van der Waals surface area contributed by atoms with E-state index in [1.807, 2.05) is 28.0 Å². The van der Waals surface area contributed by atoms with E-state index in [1.54, 1.807) is 0 Å². The van der Waals surface area contributed by atoms with Crippen LogP contribution in [0.25, 0.3) is 0 Å². The third-order valence-electron chi connectivity index (χ3n) is 6.54. The largest absolute Gasteiger partial charge is 0.454 e. The fourth-order valence-electron chi connectivity index (χ4n) is 4.79. The highest BCUT2D eigenvalue weighted by Crippen LogP contribution is 2.50. The van der Waals surface area contributed by atoms with E-state index >= 15 is 0 Å². The third kappa shape index (κ3) is 3.15. The van der Waals surface area contributed by atoms with Crippen LogP contribution in [0.2, 0.25) is 0 Å². The van der Waals surface area contributed by atoms with Gasteiger partial charge < -0.3 is 19.3 Å². The molecule has 27 heavy (non-hydrogen) atoms. The molecule has 2 heterocycles. The molecule has 2 aliphatic heterocycles. The highest BCUT2D eigenvalue weighted by Gasteiger charge is 2.46. The molecule has 6 heteroatoms. The number of rotatable bonds is 3. The van der Waals surface area contributed by atoms with Crippen LogP contribution in [-0.2, 0) is 9.59 Å². The number of carbonyl (C=O) groups excluding carboxylic acids is 2. The minimum atomic E-state index is 0.0717. The zero-order valence-corrected chi connectivity index (χ0v) is 15.6. The average molecular weight is 370 g/mol. The molecule has 0 N–H and O–H groups in total. The molecule has 5 rings (SSSR count). The average Bonchev–Trinajstić information content (AvgIpc) is 3.09. The van der Waals surface area contributed by atoms with Gasteiger partial charge in [0.2, 0.25) is 18.6 Å². The van der Waals surface area contributed by atoms with Crippen LogP contribution < -0.4 is 9.47 Å². The fourth-order valence-corrected chi connectivity index (χ4v) is 4.79. The van der Waals surface area contributed by atoms with Crippen LogP contribution in [0.1, 0.15) is 43.6 Å². The van der Waals surface area contributed by atoms with Gasteiger partial charge in [-0.25, -0.2) is 0 Å². The van der Waals surface area contributed by atoms with E-state index in [4.69, 9.17) is 9.47 Å². The van der Waals surface area contributed by atoms with Gasteiger partial charge in [0.05, 0.1) is 0 Å². The van der Waals surface area contributed by atoms with Gasteiger partial charge in [-0.05, 0) is 42.9 Å². The first kappa shape index (κ1) is 16.9. The number of nitrogens with zero attached hydrogens (tertiary/aromatic N) is 2. The molecule has 2 saturated carbocycles. The smallest absolute Gasteiger partial charge is 0.231 e. The molecule has 0 radical (unpaired) electrons. The maximum absolute atomic E-state index is 12.9. The molecule has 0 spiro atoms. The molecule has 3 fully saturated rings. The molecule has 0 bridgehead atoms. The van der Waals surface area contributed by atoms with Gasteiger partial charge in [0.25, 0.3) is 0 Å². The van der Waals surface area contributed by atoms with E-state index in [9.17, 15) is 9.59 Å². The zero-order chi connectivity index (χ0) is 18.4. The second kappa shape index (κ2) is 6.73. The van der Waals surface area contributed by atoms with Gasteiger partial charge in [-0.3, -0.25) is 9.59 Å². The zero-order valence-electron chi connectivity index (χ0n) is 15.6. The van der Waals surface area contributed by atoms with E-state index in [1.165, 1.54) is 12.8 Å². The Morgan fingerprint density at radius 2 is 1.56 bits per heavy atom. The summed E-state index contributed by atoms with van der Waals surface area (Å²) in [6, 6.07) is 5.99. The van der Waals surface area contributed by atoms with E-state index in [2.05, 4.69) is 0 Å². The summed E-state index contributed by atoms with van der Waals surface area (Å²) < 4.78 is 10.8. The lowest BCUT2D eigenvalue weighted by Gasteiger charge is -2.36. The minimum Gasteiger partial charge on any atom is -0.454 e. The predicted molar refractivity (Wildman–Crippen MR) is 98.5 cm³/mol. The number of carbonyl (C=O) groups is 2. The number of hydrogen-bond donors (Lipinski definition) is 0. The minimum absolute atomic E-state index is 0.0717. The Labute approximate surface area is 159 Å². The Morgan fingerprint density at radius 3 is 2.30 bits per heavy atom. The Morgan fingerprint density at radius 1 is 0.889 bits per heavy atom. The molecule has 0 unspecified atom stereocenters. The van der Waals surface area contributed by atoms with Crippen molar-refractivity contribution in [2.45, 2.75) is 38.0 Å². The molecule has 6 nitrogen and oxygen atoms in total. The molecule has 1 aromatic rings. The number of amides is 2. The lowest BCUT2D eigenvalue weighted by atomic mass is 10.1.